The smallest absolute Gasteiger partial charge is 0.239 e. The number of amides is 1. The van der Waals surface area contributed by atoms with Gasteiger partial charge in [-0.15, -0.1) is 0 Å². The van der Waals surface area contributed by atoms with E-state index in [9.17, 15) is 4.79 Å². The standard InChI is InChI=1S/C17H29N3O/c1-5-11-17(3,18)16(21)19-12-14(2)20(4)13-15-9-7-6-8-10-15/h6-10,14H,5,11-13,18H2,1-4H3,(H,19,21). The van der Waals surface area contributed by atoms with Crippen molar-refractivity contribution < 1.29 is 4.79 Å². The molecular formula is C17H29N3O. The maximum absolute atomic E-state index is 12.1. The van der Waals surface area contributed by atoms with E-state index in [1.165, 1.54) is 5.56 Å². The third-order valence-electron chi connectivity index (χ3n) is 3.87. The van der Waals surface area contributed by atoms with Crippen molar-refractivity contribution in [1.82, 2.24) is 10.2 Å². The second kappa shape index (κ2) is 8.15. The summed E-state index contributed by atoms with van der Waals surface area (Å²) in [7, 11) is 2.07. The van der Waals surface area contributed by atoms with Gasteiger partial charge in [-0.25, -0.2) is 0 Å². The molecule has 0 fully saturated rings. The van der Waals surface area contributed by atoms with Crippen LogP contribution in [0.3, 0.4) is 0 Å². The second-order valence-electron chi connectivity index (χ2n) is 6.13. The average Bonchev–Trinajstić information content (AvgIpc) is 2.45. The Bertz CT molecular complexity index is 431. The van der Waals surface area contributed by atoms with E-state index in [1.54, 1.807) is 6.92 Å². The van der Waals surface area contributed by atoms with Crippen LogP contribution in [0.2, 0.25) is 0 Å². The topological polar surface area (TPSA) is 58.4 Å². The number of hydrogen-bond acceptors (Lipinski definition) is 3. The summed E-state index contributed by atoms with van der Waals surface area (Å²) in [5.74, 6) is -0.0655. The number of hydrogen-bond donors (Lipinski definition) is 2. The maximum atomic E-state index is 12.1. The van der Waals surface area contributed by atoms with Gasteiger partial charge in [0.15, 0.2) is 0 Å². The molecule has 3 N–H and O–H groups in total. The van der Waals surface area contributed by atoms with Crippen LogP contribution in [-0.2, 0) is 11.3 Å². The van der Waals surface area contributed by atoms with Crippen molar-refractivity contribution in [2.75, 3.05) is 13.6 Å². The van der Waals surface area contributed by atoms with Gasteiger partial charge in [0, 0.05) is 19.1 Å². The number of nitrogens with zero attached hydrogens (tertiary/aromatic N) is 1. The number of carbonyl (C=O) groups excluding carboxylic acids is 1. The van der Waals surface area contributed by atoms with Crippen LogP contribution in [-0.4, -0.2) is 36.0 Å². The zero-order valence-corrected chi connectivity index (χ0v) is 13.7. The van der Waals surface area contributed by atoms with Gasteiger partial charge < -0.3 is 11.1 Å². The van der Waals surface area contributed by atoms with Gasteiger partial charge in [0.1, 0.15) is 0 Å². The summed E-state index contributed by atoms with van der Waals surface area (Å²) in [6.07, 6.45) is 1.61. The van der Waals surface area contributed by atoms with Crippen LogP contribution < -0.4 is 11.1 Å². The van der Waals surface area contributed by atoms with Crippen LogP contribution in [0.25, 0.3) is 0 Å². The predicted molar refractivity (Wildman–Crippen MR) is 87.9 cm³/mol. The fraction of sp³-hybridized carbons (Fsp3) is 0.588. The third kappa shape index (κ3) is 5.86. The van der Waals surface area contributed by atoms with Gasteiger partial charge in [-0.05, 0) is 32.9 Å². The van der Waals surface area contributed by atoms with Crippen molar-refractivity contribution in [1.29, 1.82) is 0 Å². The summed E-state index contributed by atoms with van der Waals surface area (Å²) in [6.45, 7) is 7.42. The fourth-order valence-electron chi connectivity index (χ4n) is 2.26. The summed E-state index contributed by atoms with van der Waals surface area (Å²) in [4.78, 5) is 14.3. The Morgan fingerprint density at radius 2 is 2.00 bits per heavy atom. The van der Waals surface area contributed by atoms with E-state index in [-0.39, 0.29) is 11.9 Å². The first-order valence-corrected chi connectivity index (χ1v) is 7.68. The second-order valence-corrected chi connectivity index (χ2v) is 6.13. The van der Waals surface area contributed by atoms with E-state index in [0.717, 1.165) is 13.0 Å². The van der Waals surface area contributed by atoms with Crippen molar-refractivity contribution in [2.24, 2.45) is 5.73 Å². The molecule has 0 radical (unpaired) electrons. The summed E-state index contributed by atoms with van der Waals surface area (Å²) in [6, 6.07) is 10.6. The minimum absolute atomic E-state index is 0.0655. The lowest BCUT2D eigenvalue weighted by atomic mass is 9.96. The molecule has 0 saturated heterocycles. The van der Waals surface area contributed by atoms with E-state index in [0.29, 0.717) is 13.0 Å². The largest absolute Gasteiger partial charge is 0.353 e. The SMILES string of the molecule is CCCC(C)(N)C(=O)NCC(C)N(C)Cc1ccccc1. The number of carbonyl (C=O) groups is 1. The number of benzene rings is 1. The molecule has 0 bridgehead atoms. The molecule has 1 aromatic rings. The molecule has 0 aliphatic heterocycles. The van der Waals surface area contributed by atoms with Gasteiger partial charge >= 0.3 is 0 Å². The van der Waals surface area contributed by atoms with E-state index < -0.39 is 5.54 Å². The normalized spacial score (nSPS) is 15.5. The number of nitrogens with two attached hydrogens (primary N) is 1. The summed E-state index contributed by atoms with van der Waals surface area (Å²) >= 11 is 0. The van der Waals surface area contributed by atoms with Gasteiger partial charge in [0.2, 0.25) is 5.91 Å². The molecule has 0 heterocycles. The Hall–Kier alpha value is -1.39. The first-order valence-electron chi connectivity index (χ1n) is 7.68. The molecule has 0 spiro atoms. The average molecular weight is 291 g/mol. The fourth-order valence-corrected chi connectivity index (χ4v) is 2.26. The van der Waals surface area contributed by atoms with E-state index in [1.807, 2.05) is 25.1 Å². The Morgan fingerprint density at radius 3 is 2.57 bits per heavy atom. The Kier molecular flexibility index (Phi) is 6.85. The highest BCUT2D eigenvalue weighted by molar-refractivity contribution is 5.85. The predicted octanol–water partition coefficient (Wildman–Crippen LogP) is 2.14. The molecule has 118 valence electrons. The van der Waals surface area contributed by atoms with Crippen LogP contribution >= 0.6 is 0 Å². The zero-order chi connectivity index (χ0) is 15.9. The van der Waals surface area contributed by atoms with Crippen LogP contribution in [0.4, 0.5) is 0 Å². The van der Waals surface area contributed by atoms with Crippen LogP contribution in [0, 0.1) is 0 Å². The molecule has 1 amide bonds. The highest BCUT2D eigenvalue weighted by Crippen LogP contribution is 2.09. The molecule has 0 aliphatic rings. The molecule has 1 rings (SSSR count). The monoisotopic (exact) mass is 291 g/mol. The van der Waals surface area contributed by atoms with Crippen molar-refractivity contribution in [3.05, 3.63) is 35.9 Å². The minimum Gasteiger partial charge on any atom is -0.353 e. The van der Waals surface area contributed by atoms with E-state index >= 15 is 0 Å². The van der Waals surface area contributed by atoms with Crippen LogP contribution in [0.1, 0.15) is 39.2 Å². The van der Waals surface area contributed by atoms with Crippen molar-refractivity contribution in [2.45, 2.75) is 51.7 Å². The Balaban J connectivity index is 2.42. The molecule has 4 heteroatoms. The van der Waals surface area contributed by atoms with Crippen molar-refractivity contribution >= 4 is 5.91 Å². The van der Waals surface area contributed by atoms with Crippen molar-refractivity contribution in [3.8, 4) is 0 Å². The van der Waals surface area contributed by atoms with Gasteiger partial charge in [0.05, 0.1) is 5.54 Å². The molecular weight excluding hydrogens is 262 g/mol. The van der Waals surface area contributed by atoms with Crippen molar-refractivity contribution in [3.63, 3.8) is 0 Å². The van der Waals surface area contributed by atoms with Gasteiger partial charge in [0.25, 0.3) is 0 Å². The van der Waals surface area contributed by atoms with E-state index in [4.69, 9.17) is 5.73 Å². The van der Waals surface area contributed by atoms with Gasteiger partial charge in [-0.3, -0.25) is 9.69 Å². The highest BCUT2D eigenvalue weighted by atomic mass is 16.2. The Labute approximate surface area is 128 Å². The van der Waals surface area contributed by atoms with E-state index in [2.05, 4.69) is 36.3 Å². The quantitative estimate of drug-likeness (QED) is 0.771. The van der Waals surface area contributed by atoms with Gasteiger partial charge in [-0.1, -0.05) is 43.7 Å². The van der Waals surface area contributed by atoms with Crippen LogP contribution in [0.5, 0.6) is 0 Å². The third-order valence-corrected chi connectivity index (χ3v) is 3.87. The number of nitrogens with one attached hydrogen (secondary N) is 1. The summed E-state index contributed by atoms with van der Waals surface area (Å²) in [5.41, 5.74) is 6.53. The van der Waals surface area contributed by atoms with Gasteiger partial charge in [-0.2, -0.15) is 0 Å². The lowest BCUT2D eigenvalue weighted by molar-refractivity contribution is -0.126. The highest BCUT2D eigenvalue weighted by Gasteiger charge is 2.27. The zero-order valence-electron chi connectivity index (χ0n) is 13.7. The molecule has 4 nitrogen and oxygen atoms in total. The molecule has 1 aromatic carbocycles. The molecule has 2 unspecified atom stereocenters. The number of rotatable bonds is 8. The summed E-state index contributed by atoms with van der Waals surface area (Å²) in [5, 5.41) is 2.97. The molecule has 0 saturated carbocycles. The first kappa shape index (κ1) is 17.7. The molecule has 2 atom stereocenters. The summed E-state index contributed by atoms with van der Waals surface area (Å²) < 4.78 is 0. The lowest BCUT2D eigenvalue weighted by Gasteiger charge is -2.28. The maximum Gasteiger partial charge on any atom is 0.239 e. The molecule has 0 aliphatic carbocycles. The molecule has 21 heavy (non-hydrogen) atoms. The number of likely N-dealkylation sites (N-methyl/N-ethyl adjacent to an activating group) is 1. The lowest BCUT2D eigenvalue weighted by Crippen LogP contribution is -2.53. The van der Waals surface area contributed by atoms with Crippen LogP contribution in [0.15, 0.2) is 30.3 Å². The molecule has 0 aromatic heterocycles. The Morgan fingerprint density at radius 1 is 1.38 bits per heavy atom. The minimum atomic E-state index is -0.771. The first-order chi connectivity index (χ1) is 9.86.